The van der Waals surface area contributed by atoms with Crippen LogP contribution in [0.1, 0.15) is 18.5 Å². The van der Waals surface area contributed by atoms with E-state index in [4.69, 9.17) is 23.2 Å². The van der Waals surface area contributed by atoms with Gasteiger partial charge in [-0.2, -0.15) is 4.98 Å². The molecular weight excluding hydrogens is 385 g/mol. The van der Waals surface area contributed by atoms with Crippen LogP contribution in [0.4, 0.5) is 17.7 Å². The van der Waals surface area contributed by atoms with Gasteiger partial charge in [-0.1, -0.05) is 23.2 Å². The quantitative estimate of drug-likeness (QED) is 0.602. The molecule has 0 bridgehead atoms. The minimum absolute atomic E-state index is 0.390. The molecule has 1 atom stereocenters. The monoisotopic (exact) mass is 405 g/mol. The zero-order chi connectivity index (χ0) is 19.0. The summed E-state index contributed by atoms with van der Waals surface area (Å²) in [6.07, 6.45) is 2.33. The van der Waals surface area contributed by atoms with Crippen molar-refractivity contribution in [3.05, 3.63) is 33.9 Å². The Morgan fingerprint density at radius 1 is 1.15 bits per heavy atom. The van der Waals surface area contributed by atoms with E-state index in [1.165, 1.54) is 6.42 Å². The van der Waals surface area contributed by atoms with Gasteiger partial charge in [0.25, 0.3) is 0 Å². The summed E-state index contributed by atoms with van der Waals surface area (Å²) in [5, 5.41) is 7.61. The molecule has 0 amide bonds. The highest BCUT2D eigenvalue weighted by molar-refractivity contribution is 6.42. The lowest BCUT2D eigenvalue weighted by molar-refractivity contribution is 0.261. The van der Waals surface area contributed by atoms with Gasteiger partial charge in [-0.25, -0.2) is 9.97 Å². The Morgan fingerprint density at radius 3 is 2.78 bits per heavy atom. The normalized spacial score (nSPS) is 18.0. The molecule has 0 aliphatic carbocycles. The lowest BCUT2D eigenvalue weighted by Gasteiger charge is -2.30. The lowest BCUT2D eigenvalue weighted by Crippen LogP contribution is -2.39. The number of hydrogen-bond acceptors (Lipinski definition) is 6. The van der Waals surface area contributed by atoms with Crippen LogP contribution in [0.15, 0.2) is 18.2 Å². The first-order chi connectivity index (χ1) is 13.0. The minimum atomic E-state index is 0.390. The zero-order valence-electron chi connectivity index (χ0n) is 15.2. The molecule has 1 fully saturated rings. The topological polar surface area (TPSA) is 81.8 Å². The summed E-state index contributed by atoms with van der Waals surface area (Å²) in [4.78, 5) is 19.0. The lowest BCUT2D eigenvalue weighted by atomic mass is 10.1. The molecule has 9 heteroatoms. The highest BCUT2D eigenvalue weighted by atomic mass is 35.5. The first-order valence-electron chi connectivity index (χ1n) is 8.89. The molecule has 1 aromatic carbocycles. The first-order valence-corrected chi connectivity index (χ1v) is 9.64. The van der Waals surface area contributed by atoms with E-state index >= 15 is 0 Å². The number of nitrogens with one attached hydrogen (secondary N) is 3. The van der Waals surface area contributed by atoms with Gasteiger partial charge in [0.05, 0.1) is 21.1 Å². The number of aryl methyl sites for hydroxylation is 1. The number of rotatable bonds is 4. The second-order valence-electron chi connectivity index (χ2n) is 6.96. The number of likely N-dealkylation sites (tertiary alicyclic amines) is 1. The van der Waals surface area contributed by atoms with E-state index in [0.717, 1.165) is 42.1 Å². The Bertz CT molecular complexity index is 933. The fourth-order valence-corrected chi connectivity index (χ4v) is 3.68. The van der Waals surface area contributed by atoms with Crippen molar-refractivity contribution >= 4 is 51.9 Å². The van der Waals surface area contributed by atoms with Crippen LogP contribution in [0.25, 0.3) is 11.0 Å². The van der Waals surface area contributed by atoms with E-state index in [2.05, 4.69) is 42.5 Å². The van der Waals surface area contributed by atoms with E-state index in [1.54, 1.807) is 12.1 Å². The molecule has 1 saturated heterocycles. The number of likely N-dealkylation sites (N-methyl/N-ethyl adjacent to an activating group) is 1. The summed E-state index contributed by atoms with van der Waals surface area (Å²) in [6.45, 7) is 4.11. The van der Waals surface area contributed by atoms with Crippen LogP contribution < -0.4 is 10.6 Å². The zero-order valence-corrected chi connectivity index (χ0v) is 16.7. The van der Waals surface area contributed by atoms with Crippen molar-refractivity contribution in [3.8, 4) is 0 Å². The molecule has 1 aliphatic rings. The van der Waals surface area contributed by atoms with E-state index in [1.807, 2.05) is 13.0 Å². The second-order valence-corrected chi connectivity index (χ2v) is 7.77. The molecule has 142 valence electrons. The Balaban J connectivity index is 1.54. The molecular formula is C18H21Cl2N7. The van der Waals surface area contributed by atoms with E-state index in [9.17, 15) is 0 Å². The maximum atomic E-state index is 6.06. The number of aromatic amines is 1. The van der Waals surface area contributed by atoms with Gasteiger partial charge in [0.15, 0.2) is 0 Å². The van der Waals surface area contributed by atoms with Gasteiger partial charge >= 0.3 is 0 Å². The molecule has 1 unspecified atom stereocenters. The van der Waals surface area contributed by atoms with Gasteiger partial charge in [0.1, 0.15) is 5.82 Å². The van der Waals surface area contributed by atoms with Crippen LogP contribution in [-0.2, 0) is 0 Å². The number of hydrogen-bond donors (Lipinski definition) is 3. The molecule has 1 aliphatic heterocycles. The molecule has 0 radical (unpaired) electrons. The fourth-order valence-electron chi connectivity index (χ4n) is 3.36. The van der Waals surface area contributed by atoms with E-state index in [0.29, 0.717) is 28.0 Å². The van der Waals surface area contributed by atoms with Crippen molar-refractivity contribution in [2.24, 2.45) is 0 Å². The van der Waals surface area contributed by atoms with Crippen LogP contribution >= 0.6 is 23.2 Å². The Morgan fingerprint density at radius 2 is 1.96 bits per heavy atom. The highest BCUT2D eigenvalue weighted by Crippen LogP contribution is 2.28. The number of piperidine rings is 1. The molecule has 2 aromatic heterocycles. The smallest absolute Gasteiger partial charge is 0.231 e. The van der Waals surface area contributed by atoms with Crippen molar-refractivity contribution in [1.82, 2.24) is 24.8 Å². The SMILES string of the molecule is Cc1cc(NC2CCCN(C)C2)nc(Nc2nc3cc(Cl)c(Cl)cc3[nH]2)n1. The van der Waals surface area contributed by atoms with Crippen LogP contribution in [0.5, 0.6) is 0 Å². The molecule has 4 rings (SSSR count). The number of aromatic nitrogens is 4. The maximum Gasteiger partial charge on any atom is 0.231 e. The maximum absolute atomic E-state index is 6.06. The summed E-state index contributed by atoms with van der Waals surface area (Å²) >= 11 is 12.1. The van der Waals surface area contributed by atoms with Crippen LogP contribution in [-0.4, -0.2) is 51.0 Å². The van der Waals surface area contributed by atoms with Gasteiger partial charge in [-0.05, 0) is 45.5 Å². The number of anilines is 3. The molecule has 3 aromatic rings. The Hall–Kier alpha value is -2.09. The predicted octanol–water partition coefficient (Wildman–Crippen LogP) is 4.22. The Labute approximate surface area is 167 Å². The predicted molar refractivity (Wildman–Crippen MR) is 110 cm³/mol. The standard InChI is InChI=1S/C18H21Cl2N7/c1-10-6-16(22-11-4-3-5-27(2)9-11)25-17(21-10)26-18-23-14-7-12(19)13(20)8-15(14)24-18/h6-8,11H,3-5,9H2,1-2H3,(H3,21,22,23,24,25,26). The van der Waals surface area contributed by atoms with Crippen molar-refractivity contribution < 1.29 is 0 Å². The van der Waals surface area contributed by atoms with Gasteiger partial charge in [-0.15, -0.1) is 0 Å². The van der Waals surface area contributed by atoms with Crippen LogP contribution in [0.3, 0.4) is 0 Å². The van der Waals surface area contributed by atoms with Gasteiger partial charge < -0.3 is 15.2 Å². The Kier molecular flexibility index (Phi) is 5.08. The van der Waals surface area contributed by atoms with Crippen LogP contribution in [0.2, 0.25) is 10.0 Å². The second kappa shape index (κ2) is 7.50. The number of H-pyrrole nitrogens is 1. The average molecular weight is 406 g/mol. The summed E-state index contributed by atoms with van der Waals surface area (Å²) in [5.74, 6) is 1.84. The van der Waals surface area contributed by atoms with Crippen molar-refractivity contribution in [2.75, 3.05) is 30.8 Å². The highest BCUT2D eigenvalue weighted by Gasteiger charge is 2.18. The minimum Gasteiger partial charge on any atom is -0.366 e. The third-order valence-corrected chi connectivity index (χ3v) is 5.31. The number of fused-ring (bicyclic) bond motifs is 1. The molecule has 3 heterocycles. The van der Waals surface area contributed by atoms with Crippen molar-refractivity contribution in [2.45, 2.75) is 25.8 Å². The molecule has 7 nitrogen and oxygen atoms in total. The molecule has 3 N–H and O–H groups in total. The summed E-state index contributed by atoms with van der Waals surface area (Å²) in [5.41, 5.74) is 2.40. The number of halogens is 2. The average Bonchev–Trinajstić information content (AvgIpc) is 2.95. The van der Waals surface area contributed by atoms with Crippen LogP contribution in [0, 0.1) is 6.92 Å². The third kappa shape index (κ3) is 4.26. The number of imidazole rings is 1. The molecule has 0 spiro atoms. The summed E-state index contributed by atoms with van der Waals surface area (Å²) in [7, 11) is 2.14. The summed E-state index contributed by atoms with van der Waals surface area (Å²) in [6, 6.07) is 5.82. The number of benzene rings is 1. The molecule has 0 saturated carbocycles. The third-order valence-electron chi connectivity index (χ3n) is 4.58. The van der Waals surface area contributed by atoms with E-state index < -0.39 is 0 Å². The van der Waals surface area contributed by atoms with Gasteiger partial charge in [0.2, 0.25) is 11.9 Å². The van der Waals surface area contributed by atoms with Gasteiger partial charge in [0, 0.05) is 24.3 Å². The number of nitrogens with zero attached hydrogens (tertiary/aromatic N) is 4. The van der Waals surface area contributed by atoms with Gasteiger partial charge in [-0.3, -0.25) is 5.32 Å². The fraction of sp³-hybridized carbons (Fsp3) is 0.389. The molecule has 27 heavy (non-hydrogen) atoms. The first kappa shape index (κ1) is 18.3. The largest absolute Gasteiger partial charge is 0.366 e. The van der Waals surface area contributed by atoms with Crippen molar-refractivity contribution in [3.63, 3.8) is 0 Å². The summed E-state index contributed by atoms with van der Waals surface area (Å²) < 4.78 is 0. The van der Waals surface area contributed by atoms with E-state index in [-0.39, 0.29) is 0 Å². The van der Waals surface area contributed by atoms with Crippen molar-refractivity contribution in [1.29, 1.82) is 0 Å².